The molecule has 11 heteroatoms. The maximum atomic E-state index is 13.2. The molecule has 4 rings (SSSR count). The van der Waals surface area contributed by atoms with Crippen LogP contribution in [0.15, 0.2) is 35.3 Å². The smallest absolute Gasteiger partial charge is 0.274 e. The summed E-state index contributed by atoms with van der Waals surface area (Å²) in [5.74, 6) is -1.53. The lowest BCUT2D eigenvalue weighted by atomic mass is 10.0. The Labute approximate surface area is 218 Å². The Hall–Kier alpha value is -3.60. The van der Waals surface area contributed by atoms with E-state index in [0.717, 1.165) is 5.56 Å². The SMILES string of the molecule is CCN(CC)C(=O)C[C@H]1CN(C(C)C)C(=O)c2c(O)c(=O)c(-c3nnc(Cc4ccc(F)cc4)s3)cn21. The summed E-state index contributed by atoms with van der Waals surface area (Å²) in [7, 11) is 0. The van der Waals surface area contributed by atoms with Crippen molar-refractivity contribution in [3.8, 4) is 16.3 Å². The van der Waals surface area contributed by atoms with Crippen LogP contribution in [-0.4, -0.2) is 67.2 Å². The lowest BCUT2D eigenvalue weighted by Gasteiger charge is -2.39. The highest BCUT2D eigenvalue weighted by Gasteiger charge is 2.37. The first kappa shape index (κ1) is 26.5. The average molecular weight is 528 g/mol. The molecule has 2 aromatic heterocycles. The fourth-order valence-corrected chi connectivity index (χ4v) is 5.41. The van der Waals surface area contributed by atoms with E-state index in [2.05, 4.69) is 10.2 Å². The summed E-state index contributed by atoms with van der Waals surface area (Å²) in [5.41, 5.74) is 0.101. The predicted molar refractivity (Wildman–Crippen MR) is 138 cm³/mol. The molecule has 2 amide bonds. The van der Waals surface area contributed by atoms with Gasteiger partial charge in [-0.3, -0.25) is 14.4 Å². The highest BCUT2D eigenvalue weighted by Crippen LogP contribution is 2.33. The number of hydrogen-bond acceptors (Lipinski definition) is 7. The molecule has 0 bridgehead atoms. The molecule has 9 nitrogen and oxygen atoms in total. The first-order valence-corrected chi connectivity index (χ1v) is 13.1. The van der Waals surface area contributed by atoms with Crippen LogP contribution < -0.4 is 5.43 Å². The van der Waals surface area contributed by atoms with Crippen molar-refractivity contribution in [2.75, 3.05) is 19.6 Å². The van der Waals surface area contributed by atoms with Gasteiger partial charge in [0.1, 0.15) is 10.8 Å². The fraction of sp³-hybridized carbons (Fsp3) is 0.423. The minimum atomic E-state index is -0.719. The molecule has 1 aliphatic heterocycles. The number of amides is 2. The first-order chi connectivity index (χ1) is 17.6. The Morgan fingerprint density at radius 2 is 1.86 bits per heavy atom. The number of rotatable bonds is 8. The van der Waals surface area contributed by atoms with Crippen molar-refractivity contribution in [3.63, 3.8) is 0 Å². The highest BCUT2D eigenvalue weighted by atomic mass is 32.1. The molecule has 0 spiro atoms. The maximum Gasteiger partial charge on any atom is 0.274 e. The van der Waals surface area contributed by atoms with Crippen LogP contribution in [0.1, 0.15) is 61.2 Å². The third-order valence-corrected chi connectivity index (χ3v) is 7.55. The summed E-state index contributed by atoms with van der Waals surface area (Å²) in [5, 5.41) is 20.1. The molecule has 196 valence electrons. The molecule has 0 radical (unpaired) electrons. The quantitative estimate of drug-likeness (QED) is 0.481. The van der Waals surface area contributed by atoms with Gasteiger partial charge in [-0.05, 0) is 45.4 Å². The van der Waals surface area contributed by atoms with Gasteiger partial charge < -0.3 is 19.5 Å². The minimum absolute atomic E-state index is 0.0729. The molecule has 3 heterocycles. The average Bonchev–Trinajstić information content (AvgIpc) is 3.32. The zero-order valence-electron chi connectivity index (χ0n) is 21.3. The summed E-state index contributed by atoms with van der Waals surface area (Å²) in [4.78, 5) is 42.7. The van der Waals surface area contributed by atoms with Crippen LogP contribution in [0.3, 0.4) is 0 Å². The standard InChI is InChI=1S/C26H30FN5O4S/c1-5-30(6-2)21(33)12-18-13-31(15(3)4)26(36)22-24(35)23(34)19(14-32(18)22)25-29-28-20(37-25)11-16-7-9-17(27)10-8-16/h7-10,14-15,18,35H,5-6,11-13H2,1-4H3/t18-/m0/s1. The van der Waals surface area contributed by atoms with Crippen LogP contribution in [-0.2, 0) is 11.2 Å². The molecule has 0 saturated heterocycles. The number of carbonyl (C=O) groups is 2. The third kappa shape index (κ3) is 5.27. The molecular weight excluding hydrogens is 497 g/mol. The molecule has 1 N–H and O–H groups in total. The van der Waals surface area contributed by atoms with E-state index >= 15 is 0 Å². The van der Waals surface area contributed by atoms with E-state index in [9.17, 15) is 23.9 Å². The zero-order chi connectivity index (χ0) is 26.9. The fourth-order valence-electron chi connectivity index (χ4n) is 4.53. The summed E-state index contributed by atoms with van der Waals surface area (Å²) in [6.07, 6.45) is 2.02. The molecule has 0 saturated carbocycles. The van der Waals surface area contributed by atoms with Gasteiger partial charge in [0.2, 0.25) is 11.3 Å². The monoisotopic (exact) mass is 527 g/mol. The maximum absolute atomic E-state index is 13.2. The predicted octanol–water partition coefficient (Wildman–Crippen LogP) is 3.47. The first-order valence-electron chi connectivity index (χ1n) is 12.3. The Morgan fingerprint density at radius 1 is 1.19 bits per heavy atom. The third-order valence-electron chi connectivity index (χ3n) is 6.59. The summed E-state index contributed by atoms with van der Waals surface area (Å²) < 4.78 is 14.8. The molecule has 1 aliphatic rings. The molecule has 0 fully saturated rings. The van der Waals surface area contributed by atoms with E-state index in [-0.39, 0.29) is 42.0 Å². The van der Waals surface area contributed by atoms with E-state index in [0.29, 0.717) is 29.5 Å². The van der Waals surface area contributed by atoms with Crippen LogP contribution in [0.4, 0.5) is 4.39 Å². The van der Waals surface area contributed by atoms with E-state index in [1.165, 1.54) is 29.7 Å². The van der Waals surface area contributed by atoms with Crippen molar-refractivity contribution in [1.82, 2.24) is 24.6 Å². The number of aromatic nitrogens is 3. The van der Waals surface area contributed by atoms with Gasteiger partial charge in [-0.15, -0.1) is 10.2 Å². The number of hydrogen-bond donors (Lipinski definition) is 1. The molecule has 3 aromatic rings. The van der Waals surface area contributed by atoms with E-state index < -0.39 is 23.1 Å². The molecule has 0 aliphatic carbocycles. The Bertz CT molecular complexity index is 1360. The van der Waals surface area contributed by atoms with Crippen LogP contribution >= 0.6 is 11.3 Å². The molecular formula is C26H30FN5O4S. The minimum Gasteiger partial charge on any atom is -0.503 e. The van der Waals surface area contributed by atoms with Gasteiger partial charge in [-0.25, -0.2) is 4.39 Å². The Balaban J connectivity index is 1.75. The number of fused-ring (bicyclic) bond motifs is 1. The van der Waals surface area contributed by atoms with Crippen molar-refractivity contribution in [1.29, 1.82) is 0 Å². The summed E-state index contributed by atoms with van der Waals surface area (Å²) in [6.45, 7) is 8.90. The second-order valence-electron chi connectivity index (χ2n) is 9.26. The molecule has 37 heavy (non-hydrogen) atoms. The highest BCUT2D eigenvalue weighted by molar-refractivity contribution is 7.14. The van der Waals surface area contributed by atoms with Crippen molar-refractivity contribution in [2.24, 2.45) is 0 Å². The molecule has 1 aromatic carbocycles. The summed E-state index contributed by atoms with van der Waals surface area (Å²) in [6, 6.07) is 5.38. The second-order valence-corrected chi connectivity index (χ2v) is 10.3. The number of aromatic hydroxyl groups is 1. The van der Waals surface area contributed by atoms with Gasteiger partial charge in [0.05, 0.1) is 11.6 Å². The van der Waals surface area contributed by atoms with Gasteiger partial charge in [0.15, 0.2) is 16.5 Å². The Kier molecular flexibility index (Phi) is 7.72. The topological polar surface area (TPSA) is 109 Å². The van der Waals surface area contributed by atoms with Crippen molar-refractivity contribution < 1.29 is 19.1 Å². The van der Waals surface area contributed by atoms with Crippen LogP contribution in [0, 0.1) is 5.82 Å². The lowest BCUT2D eigenvalue weighted by Crippen LogP contribution is -2.48. The lowest BCUT2D eigenvalue weighted by molar-refractivity contribution is -0.131. The second kappa shape index (κ2) is 10.8. The summed E-state index contributed by atoms with van der Waals surface area (Å²) >= 11 is 1.18. The van der Waals surface area contributed by atoms with Crippen molar-refractivity contribution >= 4 is 23.2 Å². The van der Waals surface area contributed by atoms with Crippen molar-refractivity contribution in [2.45, 2.75) is 52.6 Å². The van der Waals surface area contributed by atoms with E-state index in [1.54, 1.807) is 26.5 Å². The van der Waals surface area contributed by atoms with Crippen molar-refractivity contribution in [3.05, 3.63) is 62.8 Å². The van der Waals surface area contributed by atoms with Gasteiger partial charge in [0, 0.05) is 44.7 Å². The zero-order valence-corrected chi connectivity index (χ0v) is 22.1. The molecule has 0 unspecified atom stereocenters. The normalized spacial score (nSPS) is 15.2. The van der Waals surface area contributed by atoms with Gasteiger partial charge >= 0.3 is 0 Å². The largest absolute Gasteiger partial charge is 0.503 e. The number of carbonyl (C=O) groups excluding carboxylic acids is 2. The van der Waals surface area contributed by atoms with Crippen LogP contribution in [0.5, 0.6) is 5.75 Å². The number of nitrogens with zero attached hydrogens (tertiary/aromatic N) is 5. The van der Waals surface area contributed by atoms with E-state index in [1.807, 2.05) is 27.7 Å². The van der Waals surface area contributed by atoms with Gasteiger partial charge in [-0.1, -0.05) is 23.5 Å². The number of halogens is 1. The molecule has 1 atom stereocenters. The van der Waals surface area contributed by atoms with Crippen LogP contribution in [0.25, 0.3) is 10.6 Å². The number of pyridine rings is 1. The van der Waals surface area contributed by atoms with Crippen LogP contribution in [0.2, 0.25) is 0 Å². The number of benzene rings is 1. The van der Waals surface area contributed by atoms with E-state index in [4.69, 9.17) is 0 Å². The van der Waals surface area contributed by atoms with Gasteiger partial charge in [0.25, 0.3) is 5.91 Å². The Morgan fingerprint density at radius 3 is 2.49 bits per heavy atom. The van der Waals surface area contributed by atoms with Gasteiger partial charge in [-0.2, -0.15) is 0 Å².